The Bertz CT molecular complexity index is 2100. The number of hydrogen-bond donors (Lipinski definition) is 4. The summed E-state index contributed by atoms with van der Waals surface area (Å²) < 4.78 is 3.48. The third-order valence-electron chi connectivity index (χ3n) is 15.2. The molecular formula is C48H62N6O8. The van der Waals surface area contributed by atoms with E-state index in [-0.39, 0.29) is 108 Å². The van der Waals surface area contributed by atoms with Crippen molar-refractivity contribution in [2.24, 2.45) is 35.5 Å². The molecule has 4 N–H and O–H groups in total. The summed E-state index contributed by atoms with van der Waals surface area (Å²) in [6, 6.07) is 5.73. The Morgan fingerprint density at radius 1 is 0.597 bits per heavy atom. The lowest BCUT2D eigenvalue weighted by atomic mass is 9.88. The van der Waals surface area contributed by atoms with Crippen LogP contribution in [0.4, 0.5) is 0 Å². The molecule has 14 nitrogen and oxygen atoms in total. The van der Waals surface area contributed by atoms with Gasteiger partial charge in [-0.05, 0) is 89.5 Å². The fourth-order valence-electron chi connectivity index (χ4n) is 11.9. The molecule has 62 heavy (non-hydrogen) atoms. The van der Waals surface area contributed by atoms with Gasteiger partial charge in [0.2, 0.25) is 23.6 Å². The predicted octanol–water partition coefficient (Wildman–Crippen LogP) is 3.68. The molecule has 2 aromatic heterocycles. The van der Waals surface area contributed by atoms with Crippen LogP contribution in [0.2, 0.25) is 0 Å². The molecule has 10 rings (SSSR count). The number of nitrogens with zero attached hydrogens (tertiary/aromatic N) is 4. The van der Waals surface area contributed by atoms with E-state index in [0.717, 1.165) is 88.4 Å². The van der Waals surface area contributed by atoms with Crippen LogP contribution in [0.1, 0.15) is 125 Å². The molecule has 0 aromatic carbocycles. The van der Waals surface area contributed by atoms with Crippen molar-refractivity contribution in [2.75, 3.05) is 13.2 Å². The van der Waals surface area contributed by atoms with Crippen LogP contribution < -0.4 is 21.8 Å². The number of carbonyl (C=O) groups is 4. The van der Waals surface area contributed by atoms with Crippen LogP contribution in [-0.4, -0.2) is 90.2 Å². The van der Waals surface area contributed by atoms with Gasteiger partial charge in [0.1, 0.15) is 12.1 Å². The van der Waals surface area contributed by atoms with E-state index in [4.69, 9.17) is 0 Å². The van der Waals surface area contributed by atoms with Crippen molar-refractivity contribution in [3.05, 3.63) is 79.6 Å². The minimum absolute atomic E-state index is 0.00375. The molecule has 4 saturated carbocycles. The Hall–Kier alpha value is -4.82. The minimum atomic E-state index is -0.673. The van der Waals surface area contributed by atoms with E-state index in [9.17, 15) is 39.0 Å². The number of fused-ring (bicyclic) bond motifs is 6. The molecule has 2 saturated heterocycles. The standard InChI is InChI=1S/2C24H31N3O4/c2*1-2-5-14-10-11-19-20-17(12-26(19)23(14)30)18(13-28)21(27(20)24(31)15-8-9-15)22(29)25-16-6-3-4-7-16/h2*2,5,10-11,15-18,20-21,28H,3-4,6-9,12-13H2,1H3,(H,25,29)/b5-2+;5-2-/t2*17-,18-,20+,21-/m00/s1. The smallest absolute Gasteiger partial charge is 0.258 e. The largest absolute Gasteiger partial charge is 0.396 e. The molecule has 4 aliphatic heterocycles. The summed E-state index contributed by atoms with van der Waals surface area (Å²) >= 11 is 0. The van der Waals surface area contributed by atoms with Gasteiger partial charge in [-0.3, -0.25) is 28.8 Å². The number of aliphatic hydroxyl groups is 2. The molecule has 8 atom stereocenters. The number of rotatable bonds is 10. The van der Waals surface area contributed by atoms with Gasteiger partial charge in [-0.1, -0.05) is 50.0 Å². The molecule has 0 radical (unpaired) electrons. The molecule has 4 amide bonds. The Morgan fingerprint density at radius 3 is 1.29 bits per heavy atom. The first kappa shape index (κ1) is 42.5. The zero-order valence-electron chi connectivity index (χ0n) is 36.0. The van der Waals surface area contributed by atoms with Crippen LogP contribution in [-0.2, 0) is 32.3 Å². The molecule has 332 valence electrons. The topological polar surface area (TPSA) is 183 Å². The maximum atomic E-state index is 13.4. The predicted molar refractivity (Wildman–Crippen MR) is 232 cm³/mol. The van der Waals surface area contributed by atoms with Crippen molar-refractivity contribution < 1.29 is 29.4 Å². The first-order chi connectivity index (χ1) is 30.1. The van der Waals surface area contributed by atoms with Crippen molar-refractivity contribution >= 4 is 35.8 Å². The van der Waals surface area contributed by atoms with Gasteiger partial charge in [-0.25, -0.2) is 0 Å². The first-order valence-electron chi connectivity index (χ1n) is 23.3. The molecule has 0 spiro atoms. The van der Waals surface area contributed by atoms with Crippen molar-refractivity contribution in [3.8, 4) is 0 Å². The lowest BCUT2D eigenvalue weighted by Crippen LogP contribution is -2.52. The Balaban J connectivity index is 0.000000158. The summed E-state index contributed by atoms with van der Waals surface area (Å²) in [5.41, 5.74) is 2.64. The molecule has 2 aromatic rings. The van der Waals surface area contributed by atoms with E-state index in [1.807, 2.05) is 38.1 Å². The molecule has 6 heterocycles. The highest BCUT2D eigenvalue weighted by Crippen LogP contribution is 2.53. The Labute approximate surface area is 362 Å². The van der Waals surface area contributed by atoms with Crippen LogP contribution in [0.3, 0.4) is 0 Å². The van der Waals surface area contributed by atoms with Crippen LogP contribution in [0, 0.1) is 35.5 Å². The van der Waals surface area contributed by atoms with Crippen LogP contribution >= 0.6 is 0 Å². The fourth-order valence-corrected chi connectivity index (χ4v) is 11.9. The van der Waals surface area contributed by atoms with Gasteiger partial charge >= 0.3 is 0 Å². The number of amides is 4. The molecular weight excluding hydrogens is 789 g/mol. The average molecular weight is 851 g/mol. The van der Waals surface area contributed by atoms with Crippen molar-refractivity contribution in [1.29, 1.82) is 0 Å². The van der Waals surface area contributed by atoms with Crippen LogP contribution in [0.25, 0.3) is 12.2 Å². The quantitative estimate of drug-likeness (QED) is 0.279. The van der Waals surface area contributed by atoms with Gasteiger partial charge in [-0.15, -0.1) is 0 Å². The third-order valence-corrected chi connectivity index (χ3v) is 15.2. The Morgan fingerprint density at radius 2 is 0.968 bits per heavy atom. The number of hydrogen-bond acceptors (Lipinski definition) is 8. The average Bonchev–Trinajstić information content (AvgIpc) is 3.93. The van der Waals surface area contributed by atoms with E-state index in [1.54, 1.807) is 43.2 Å². The zero-order chi connectivity index (χ0) is 43.4. The molecule has 6 fully saturated rings. The van der Waals surface area contributed by atoms with E-state index in [2.05, 4.69) is 10.6 Å². The summed E-state index contributed by atoms with van der Waals surface area (Å²) in [5, 5.41) is 27.0. The van der Waals surface area contributed by atoms with Gasteiger partial charge in [0, 0.05) is 96.4 Å². The highest BCUT2D eigenvalue weighted by molar-refractivity contribution is 5.92. The summed E-state index contributed by atoms with van der Waals surface area (Å²) in [4.78, 5) is 83.1. The second-order valence-corrected chi connectivity index (χ2v) is 19.1. The lowest BCUT2D eigenvalue weighted by Gasteiger charge is -2.32. The summed E-state index contributed by atoms with van der Waals surface area (Å²) in [5.74, 6) is -1.40. The highest BCUT2D eigenvalue weighted by Gasteiger charge is 2.60. The monoisotopic (exact) mass is 850 g/mol. The van der Waals surface area contributed by atoms with Gasteiger partial charge in [0.05, 0.1) is 12.1 Å². The number of carbonyl (C=O) groups excluding carboxylic acids is 4. The van der Waals surface area contributed by atoms with E-state index in [0.29, 0.717) is 24.2 Å². The molecule has 0 unspecified atom stereocenters. The lowest BCUT2D eigenvalue weighted by molar-refractivity contribution is -0.143. The number of likely N-dealkylation sites (tertiary alicyclic amines) is 2. The zero-order valence-corrected chi connectivity index (χ0v) is 36.0. The van der Waals surface area contributed by atoms with Gasteiger partial charge in [0.15, 0.2) is 0 Å². The van der Waals surface area contributed by atoms with E-state index >= 15 is 0 Å². The Kier molecular flexibility index (Phi) is 11.9. The van der Waals surface area contributed by atoms with E-state index < -0.39 is 12.1 Å². The number of aromatic nitrogens is 2. The first-order valence-corrected chi connectivity index (χ1v) is 23.3. The summed E-state index contributed by atoms with van der Waals surface area (Å²) in [6.45, 7) is 4.24. The maximum Gasteiger partial charge on any atom is 0.258 e. The summed E-state index contributed by atoms with van der Waals surface area (Å²) in [7, 11) is 0. The minimum Gasteiger partial charge on any atom is -0.396 e. The second-order valence-electron chi connectivity index (χ2n) is 19.1. The van der Waals surface area contributed by atoms with Crippen molar-refractivity contribution in [1.82, 2.24) is 29.6 Å². The molecule has 14 heteroatoms. The van der Waals surface area contributed by atoms with Gasteiger partial charge < -0.3 is 39.8 Å². The number of allylic oxidation sites excluding steroid dienone is 2. The van der Waals surface area contributed by atoms with Crippen LogP contribution in [0.5, 0.6) is 0 Å². The molecule has 8 aliphatic rings. The maximum absolute atomic E-state index is 13.4. The second kappa shape index (κ2) is 17.4. The fraction of sp³-hybridized carbons (Fsp3) is 0.625. The molecule has 4 aliphatic carbocycles. The number of pyridine rings is 2. The van der Waals surface area contributed by atoms with Crippen LogP contribution in [0.15, 0.2) is 46.0 Å². The molecule has 0 bridgehead atoms. The number of aliphatic hydroxyl groups excluding tert-OH is 2. The van der Waals surface area contributed by atoms with Crippen molar-refractivity contribution in [3.63, 3.8) is 0 Å². The van der Waals surface area contributed by atoms with Gasteiger partial charge in [-0.2, -0.15) is 0 Å². The van der Waals surface area contributed by atoms with E-state index in [1.165, 1.54) is 0 Å². The highest BCUT2D eigenvalue weighted by atomic mass is 16.3. The normalized spacial score (nSPS) is 30.1. The van der Waals surface area contributed by atoms with Crippen molar-refractivity contribution in [2.45, 2.75) is 140 Å². The number of nitrogens with one attached hydrogen (secondary N) is 2. The SMILES string of the molecule is C/C=C/c1ccc2n(c1=O)C[C@H]1[C@H](CO)[C@@H](C(=O)NC3CCCC3)N(C(=O)C3CC3)[C@@H]21.C/C=C\c1ccc2n(c1=O)C[C@H]1[C@H](CO)[C@@H](C(=O)NC3CCCC3)N(C(=O)C3CC3)[C@@H]21. The third kappa shape index (κ3) is 7.48. The summed E-state index contributed by atoms with van der Waals surface area (Å²) in [6.07, 6.45) is 19.0. The van der Waals surface area contributed by atoms with Gasteiger partial charge in [0.25, 0.3) is 11.1 Å².